The zero-order valence-corrected chi connectivity index (χ0v) is 17.6. The van der Waals surface area contributed by atoms with E-state index in [2.05, 4.69) is 87.2 Å². The van der Waals surface area contributed by atoms with Gasteiger partial charge in [0, 0.05) is 43.0 Å². The van der Waals surface area contributed by atoms with Gasteiger partial charge in [0.15, 0.2) is 0 Å². The number of hydrogen-bond donors (Lipinski definition) is 2. The van der Waals surface area contributed by atoms with Gasteiger partial charge in [0.05, 0.1) is 6.04 Å². The minimum absolute atomic E-state index is 0.121. The molecule has 3 aromatic rings. The van der Waals surface area contributed by atoms with Crippen molar-refractivity contribution in [3.63, 3.8) is 0 Å². The second kappa shape index (κ2) is 8.77. The van der Waals surface area contributed by atoms with Crippen molar-refractivity contribution < 1.29 is 0 Å². The monoisotopic (exact) mass is 403 g/mol. The number of benzene rings is 2. The molecule has 1 aliphatic heterocycles. The standard InChI is InChI=1S/C23H29N7/c1-4-12-29-14-17(3)30(15-16(29)2)22(20-6-5-7-21(24)13-20)18-8-10-19(11-9-18)23-25-27-28-26-23/h4-11,13,16-17,22H,1,12,14-15,24H2,2-3H3,(H,25,26,27,28)/t16-,17+,22-/m1/s1. The maximum absolute atomic E-state index is 6.15. The molecular formula is C23H29N7. The number of aromatic nitrogens is 4. The van der Waals surface area contributed by atoms with Gasteiger partial charge in [-0.25, -0.2) is 0 Å². The van der Waals surface area contributed by atoms with Crippen molar-refractivity contribution in [1.29, 1.82) is 0 Å². The van der Waals surface area contributed by atoms with Crippen LogP contribution in [0.4, 0.5) is 5.69 Å². The molecule has 3 N–H and O–H groups in total. The summed E-state index contributed by atoms with van der Waals surface area (Å²) in [7, 11) is 0. The van der Waals surface area contributed by atoms with Crippen LogP contribution in [-0.2, 0) is 0 Å². The number of tetrazole rings is 1. The quantitative estimate of drug-likeness (QED) is 0.486. The van der Waals surface area contributed by atoms with Crippen molar-refractivity contribution in [2.24, 2.45) is 0 Å². The number of nitrogens with zero attached hydrogens (tertiary/aromatic N) is 5. The molecular weight excluding hydrogens is 374 g/mol. The van der Waals surface area contributed by atoms with Crippen molar-refractivity contribution in [3.8, 4) is 11.4 Å². The van der Waals surface area contributed by atoms with Crippen LogP contribution >= 0.6 is 0 Å². The third-order valence-electron chi connectivity index (χ3n) is 5.91. The Balaban J connectivity index is 1.69. The lowest BCUT2D eigenvalue weighted by atomic mass is 9.92. The van der Waals surface area contributed by atoms with E-state index in [9.17, 15) is 0 Å². The molecule has 0 unspecified atom stereocenters. The third kappa shape index (κ3) is 4.13. The summed E-state index contributed by atoms with van der Waals surface area (Å²) in [6.07, 6.45) is 1.99. The molecule has 0 amide bonds. The van der Waals surface area contributed by atoms with E-state index in [1.54, 1.807) is 0 Å². The first kappa shape index (κ1) is 20.3. The number of hydrogen-bond acceptors (Lipinski definition) is 6. The van der Waals surface area contributed by atoms with Crippen LogP contribution in [0.15, 0.2) is 61.2 Å². The highest BCUT2D eigenvalue weighted by molar-refractivity contribution is 5.55. The first-order valence-corrected chi connectivity index (χ1v) is 10.4. The molecule has 1 aliphatic rings. The van der Waals surface area contributed by atoms with Crippen LogP contribution in [-0.4, -0.2) is 62.1 Å². The molecule has 0 aliphatic carbocycles. The highest BCUT2D eigenvalue weighted by atomic mass is 15.5. The van der Waals surface area contributed by atoms with Gasteiger partial charge in [-0.15, -0.1) is 16.8 Å². The number of nitrogens with two attached hydrogens (primary N) is 1. The van der Waals surface area contributed by atoms with Crippen LogP contribution in [0.25, 0.3) is 11.4 Å². The molecule has 1 aromatic heterocycles. The Morgan fingerprint density at radius 2 is 1.93 bits per heavy atom. The summed E-state index contributed by atoms with van der Waals surface area (Å²) < 4.78 is 0. The zero-order chi connectivity index (χ0) is 21.1. The fraction of sp³-hybridized carbons (Fsp3) is 0.348. The molecule has 0 saturated carbocycles. The molecule has 30 heavy (non-hydrogen) atoms. The van der Waals surface area contributed by atoms with E-state index in [0.29, 0.717) is 17.9 Å². The van der Waals surface area contributed by atoms with Gasteiger partial charge in [0.25, 0.3) is 0 Å². The number of nitrogen functional groups attached to an aromatic ring is 1. The second-order valence-electron chi connectivity index (χ2n) is 8.07. The summed E-state index contributed by atoms with van der Waals surface area (Å²) in [4.78, 5) is 5.08. The Morgan fingerprint density at radius 1 is 1.13 bits per heavy atom. The molecule has 0 radical (unpaired) electrons. The summed E-state index contributed by atoms with van der Waals surface area (Å²) >= 11 is 0. The van der Waals surface area contributed by atoms with Crippen LogP contribution < -0.4 is 5.73 Å². The molecule has 0 spiro atoms. The van der Waals surface area contributed by atoms with Crippen LogP contribution in [0.3, 0.4) is 0 Å². The number of nitrogens with one attached hydrogen (secondary N) is 1. The number of aromatic amines is 1. The number of piperazine rings is 1. The maximum Gasteiger partial charge on any atom is 0.204 e. The third-order valence-corrected chi connectivity index (χ3v) is 5.91. The van der Waals surface area contributed by atoms with Gasteiger partial charge < -0.3 is 5.73 Å². The smallest absolute Gasteiger partial charge is 0.204 e. The van der Waals surface area contributed by atoms with Crippen molar-refractivity contribution in [1.82, 2.24) is 30.4 Å². The van der Waals surface area contributed by atoms with Gasteiger partial charge >= 0.3 is 0 Å². The molecule has 3 atom stereocenters. The van der Waals surface area contributed by atoms with Gasteiger partial charge in [-0.1, -0.05) is 42.5 Å². The van der Waals surface area contributed by atoms with E-state index in [1.165, 1.54) is 11.1 Å². The van der Waals surface area contributed by atoms with Crippen molar-refractivity contribution in [3.05, 3.63) is 72.3 Å². The highest BCUT2D eigenvalue weighted by Crippen LogP contribution is 2.34. The predicted molar refractivity (Wildman–Crippen MR) is 120 cm³/mol. The van der Waals surface area contributed by atoms with Crippen LogP contribution in [0.2, 0.25) is 0 Å². The molecule has 156 valence electrons. The predicted octanol–water partition coefficient (Wildman–Crippen LogP) is 3.12. The van der Waals surface area contributed by atoms with Crippen LogP contribution in [0, 0.1) is 0 Å². The second-order valence-corrected chi connectivity index (χ2v) is 8.07. The fourth-order valence-electron chi connectivity index (χ4n) is 4.41. The summed E-state index contributed by atoms with van der Waals surface area (Å²) in [6.45, 7) is 11.4. The number of H-pyrrole nitrogens is 1. The Bertz CT molecular complexity index is 967. The van der Waals surface area contributed by atoms with Gasteiger partial charge in [-0.3, -0.25) is 9.80 Å². The van der Waals surface area contributed by atoms with Crippen molar-refractivity contribution in [2.45, 2.75) is 32.0 Å². The first-order valence-electron chi connectivity index (χ1n) is 10.4. The summed E-state index contributed by atoms with van der Waals surface area (Å²) in [5.41, 5.74) is 10.3. The van der Waals surface area contributed by atoms with E-state index in [0.717, 1.165) is 30.9 Å². The first-order chi connectivity index (χ1) is 14.6. The molecule has 4 rings (SSSR count). The highest BCUT2D eigenvalue weighted by Gasteiger charge is 2.34. The summed E-state index contributed by atoms with van der Waals surface area (Å²) in [5, 5.41) is 14.3. The summed E-state index contributed by atoms with van der Waals surface area (Å²) in [6, 6.07) is 17.6. The Labute approximate surface area is 177 Å². The van der Waals surface area contributed by atoms with Gasteiger partial charge in [0.2, 0.25) is 5.82 Å². The Hall–Kier alpha value is -3.03. The zero-order valence-electron chi connectivity index (χ0n) is 17.6. The lowest BCUT2D eigenvalue weighted by molar-refractivity contribution is 0.0307. The molecule has 1 saturated heterocycles. The normalized spacial score (nSPS) is 21.4. The number of rotatable bonds is 6. The van der Waals surface area contributed by atoms with E-state index in [-0.39, 0.29) is 6.04 Å². The molecule has 0 bridgehead atoms. The van der Waals surface area contributed by atoms with Crippen molar-refractivity contribution in [2.75, 3.05) is 25.4 Å². The molecule has 2 heterocycles. The maximum atomic E-state index is 6.15. The van der Waals surface area contributed by atoms with E-state index >= 15 is 0 Å². The van der Waals surface area contributed by atoms with Gasteiger partial charge in [-0.05, 0) is 42.3 Å². The lowest BCUT2D eigenvalue weighted by Gasteiger charge is -2.47. The molecule has 7 heteroatoms. The van der Waals surface area contributed by atoms with Gasteiger partial charge in [-0.2, -0.15) is 5.21 Å². The minimum atomic E-state index is 0.121. The van der Waals surface area contributed by atoms with Crippen LogP contribution in [0.1, 0.15) is 31.0 Å². The summed E-state index contributed by atoms with van der Waals surface area (Å²) in [5.74, 6) is 0.599. The molecule has 7 nitrogen and oxygen atoms in total. The minimum Gasteiger partial charge on any atom is -0.399 e. The topological polar surface area (TPSA) is 87.0 Å². The average molecular weight is 404 g/mol. The van der Waals surface area contributed by atoms with E-state index < -0.39 is 0 Å². The van der Waals surface area contributed by atoms with Gasteiger partial charge in [0.1, 0.15) is 0 Å². The van der Waals surface area contributed by atoms with Crippen molar-refractivity contribution >= 4 is 5.69 Å². The number of anilines is 1. The Morgan fingerprint density at radius 3 is 2.60 bits per heavy atom. The van der Waals surface area contributed by atoms with E-state index in [4.69, 9.17) is 5.73 Å². The Kier molecular flexibility index (Phi) is 5.92. The lowest BCUT2D eigenvalue weighted by Crippen LogP contribution is -2.57. The van der Waals surface area contributed by atoms with Crippen LogP contribution in [0.5, 0.6) is 0 Å². The largest absolute Gasteiger partial charge is 0.399 e. The SMILES string of the molecule is C=CCN1C[C@H](C)N([C@H](c2ccc(-c3nn[nH]n3)cc2)c2cccc(N)c2)C[C@H]1C. The molecule has 1 fully saturated rings. The average Bonchev–Trinajstić information content (AvgIpc) is 3.27. The fourth-order valence-corrected chi connectivity index (χ4v) is 4.41. The van der Waals surface area contributed by atoms with E-state index in [1.807, 2.05) is 18.2 Å². The molecule has 2 aromatic carbocycles.